The maximum atomic E-state index is 13.8. The molecule has 2 saturated carbocycles. The highest BCUT2D eigenvalue weighted by atomic mass is 32.2. The van der Waals surface area contributed by atoms with Gasteiger partial charge < -0.3 is 14.5 Å². The molecule has 2 bridgehead atoms. The first-order valence-corrected chi connectivity index (χ1v) is 15.3. The summed E-state index contributed by atoms with van der Waals surface area (Å²) in [6.07, 6.45) is 0.800. The number of methoxy groups -OCH3 is 1. The summed E-state index contributed by atoms with van der Waals surface area (Å²) in [4.78, 5) is 45.2. The number of hydrogen-bond acceptors (Lipinski definition) is 7. The van der Waals surface area contributed by atoms with Gasteiger partial charge in [0.2, 0.25) is 11.8 Å². The van der Waals surface area contributed by atoms with Crippen LogP contribution in [0.3, 0.4) is 0 Å². The fraction of sp³-hybridized carbons (Fsp3) is 0.433. The molecule has 1 aromatic heterocycles. The van der Waals surface area contributed by atoms with Crippen molar-refractivity contribution in [2.24, 2.45) is 35.5 Å². The van der Waals surface area contributed by atoms with Gasteiger partial charge in [0, 0.05) is 16.0 Å². The van der Waals surface area contributed by atoms with Gasteiger partial charge in [-0.2, -0.15) is 0 Å². The second kappa shape index (κ2) is 9.48. The number of hydrogen-bond donors (Lipinski definition) is 1. The molecule has 7 atom stereocenters. The van der Waals surface area contributed by atoms with Gasteiger partial charge in [0.15, 0.2) is 11.5 Å². The van der Waals surface area contributed by atoms with Crippen molar-refractivity contribution in [2.45, 2.75) is 36.5 Å². The molecule has 0 radical (unpaired) electrons. The maximum absolute atomic E-state index is 13.8. The highest BCUT2D eigenvalue weighted by Crippen LogP contribution is 2.68. The lowest BCUT2D eigenvalue weighted by atomic mass is 9.68. The van der Waals surface area contributed by atoms with Crippen LogP contribution in [0.4, 0.5) is 10.1 Å². The Morgan fingerprint density at radius 3 is 2.45 bits per heavy atom. The topological polar surface area (TPSA) is 88.7 Å². The number of amides is 2. The Morgan fingerprint density at radius 2 is 1.75 bits per heavy atom. The number of fused-ring (bicyclic) bond motifs is 9. The fourth-order valence-electron chi connectivity index (χ4n) is 7.49. The van der Waals surface area contributed by atoms with Gasteiger partial charge in [-0.15, -0.1) is 11.8 Å². The van der Waals surface area contributed by atoms with Crippen LogP contribution in [0.25, 0.3) is 0 Å². The molecule has 3 heterocycles. The van der Waals surface area contributed by atoms with E-state index in [-0.39, 0.29) is 45.6 Å². The number of H-pyrrole nitrogens is 1. The molecule has 2 aliphatic heterocycles. The molecule has 1 saturated heterocycles. The van der Waals surface area contributed by atoms with Gasteiger partial charge in [-0.05, 0) is 72.1 Å². The molecule has 10 heteroatoms. The van der Waals surface area contributed by atoms with E-state index in [2.05, 4.69) is 18.8 Å². The van der Waals surface area contributed by atoms with Crippen molar-refractivity contribution in [3.05, 3.63) is 68.4 Å². The van der Waals surface area contributed by atoms with Crippen LogP contribution in [0.15, 0.2) is 52.3 Å². The molecular weight excluding hydrogens is 551 g/mol. The first-order chi connectivity index (χ1) is 19.3. The van der Waals surface area contributed by atoms with E-state index in [0.717, 1.165) is 21.9 Å². The number of imide groups is 1. The van der Waals surface area contributed by atoms with Crippen molar-refractivity contribution in [3.8, 4) is 11.5 Å². The number of thioether (sulfide) groups is 1. The lowest BCUT2D eigenvalue weighted by Gasteiger charge is -2.43. The van der Waals surface area contributed by atoms with Crippen molar-refractivity contribution < 1.29 is 23.5 Å². The SMILES string of the molecule is COc1cc(C2c3sc(=O)[nH]c3SC3C4CC(C5C(=O)N(c6ccc(F)cc6)C(=O)C45)C23)ccc1OCC(C)C. The van der Waals surface area contributed by atoms with Crippen LogP contribution >= 0.6 is 23.1 Å². The molecule has 3 fully saturated rings. The lowest BCUT2D eigenvalue weighted by molar-refractivity contribution is -0.123. The van der Waals surface area contributed by atoms with E-state index in [9.17, 15) is 18.8 Å². The van der Waals surface area contributed by atoms with Gasteiger partial charge in [0.25, 0.3) is 0 Å². The third kappa shape index (κ3) is 3.79. The Labute approximate surface area is 239 Å². The van der Waals surface area contributed by atoms with Crippen molar-refractivity contribution in [1.29, 1.82) is 0 Å². The average Bonchev–Trinajstić information content (AvgIpc) is 3.67. The molecule has 2 aromatic carbocycles. The second-order valence-corrected chi connectivity index (χ2v) is 13.8. The lowest BCUT2D eigenvalue weighted by Crippen LogP contribution is -2.42. The van der Waals surface area contributed by atoms with Gasteiger partial charge in [0.1, 0.15) is 5.82 Å². The number of carbonyl (C=O) groups is 2. The van der Waals surface area contributed by atoms with Crippen LogP contribution in [-0.4, -0.2) is 35.8 Å². The molecule has 208 valence electrons. The number of halogens is 1. The molecule has 7 rings (SSSR count). The highest BCUT2D eigenvalue weighted by molar-refractivity contribution is 8.00. The predicted octanol–water partition coefficient (Wildman–Crippen LogP) is 5.30. The molecule has 40 heavy (non-hydrogen) atoms. The van der Waals surface area contributed by atoms with E-state index in [1.807, 2.05) is 18.2 Å². The number of anilines is 1. The van der Waals surface area contributed by atoms with Gasteiger partial charge in [-0.1, -0.05) is 31.3 Å². The van der Waals surface area contributed by atoms with Gasteiger partial charge in [-0.3, -0.25) is 19.3 Å². The Kier molecular flexibility index (Phi) is 6.12. The largest absolute Gasteiger partial charge is 0.493 e. The van der Waals surface area contributed by atoms with Gasteiger partial charge in [0.05, 0.1) is 36.3 Å². The number of carbonyl (C=O) groups excluding carboxylic acids is 2. The maximum Gasteiger partial charge on any atom is 0.305 e. The van der Waals surface area contributed by atoms with E-state index < -0.39 is 17.7 Å². The number of rotatable bonds is 6. The molecule has 4 aliphatic rings. The summed E-state index contributed by atoms with van der Waals surface area (Å²) in [6.45, 7) is 4.74. The second-order valence-electron chi connectivity index (χ2n) is 11.6. The van der Waals surface area contributed by atoms with Crippen LogP contribution < -0.4 is 19.2 Å². The third-order valence-corrected chi connectivity index (χ3v) is 11.5. The molecular formula is C30H29FN2O5S2. The van der Waals surface area contributed by atoms with E-state index >= 15 is 0 Å². The molecule has 2 amide bonds. The van der Waals surface area contributed by atoms with Crippen molar-refractivity contribution in [2.75, 3.05) is 18.6 Å². The summed E-state index contributed by atoms with van der Waals surface area (Å²) < 4.78 is 25.3. The number of nitrogens with one attached hydrogen (secondary N) is 1. The van der Waals surface area contributed by atoms with Crippen LogP contribution in [0.1, 0.15) is 36.6 Å². The highest BCUT2D eigenvalue weighted by Gasteiger charge is 2.69. The minimum atomic E-state index is -0.417. The predicted molar refractivity (Wildman–Crippen MR) is 151 cm³/mol. The number of benzene rings is 2. The first-order valence-electron chi connectivity index (χ1n) is 13.6. The van der Waals surface area contributed by atoms with Gasteiger partial charge >= 0.3 is 4.87 Å². The van der Waals surface area contributed by atoms with E-state index in [1.165, 1.54) is 40.5 Å². The van der Waals surface area contributed by atoms with E-state index in [1.54, 1.807) is 18.9 Å². The molecule has 1 N–H and O–H groups in total. The molecule has 7 nitrogen and oxygen atoms in total. The van der Waals surface area contributed by atoms with Crippen molar-refractivity contribution >= 4 is 40.6 Å². The third-order valence-electron chi connectivity index (χ3n) is 8.93. The van der Waals surface area contributed by atoms with Gasteiger partial charge in [-0.25, -0.2) is 4.39 Å². The zero-order chi connectivity index (χ0) is 27.9. The van der Waals surface area contributed by atoms with Crippen LogP contribution in [0.2, 0.25) is 0 Å². The zero-order valence-electron chi connectivity index (χ0n) is 22.3. The van der Waals surface area contributed by atoms with E-state index in [0.29, 0.717) is 29.7 Å². The number of aromatic nitrogens is 1. The molecule has 7 unspecified atom stereocenters. The zero-order valence-corrected chi connectivity index (χ0v) is 23.9. The minimum absolute atomic E-state index is 0.00684. The molecule has 3 aromatic rings. The number of ether oxygens (including phenoxy) is 2. The van der Waals surface area contributed by atoms with Crippen molar-refractivity contribution in [1.82, 2.24) is 4.98 Å². The Bertz CT molecular complexity index is 1570. The summed E-state index contributed by atoms with van der Waals surface area (Å²) in [5.74, 6) is 0.0229. The Balaban J connectivity index is 1.28. The number of thiazole rings is 1. The monoisotopic (exact) mass is 580 g/mol. The van der Waals surface area contributed by atoms with Crippen molar-refractivity contribution in [3.63, 3.8) is 0 Å². The van der Waals surface area contributed by atoms with Crippen LogP contribution in [-0.2, 0) is 9.59 Å². The minimum Gasteiger partial charge on any atom is -0.493 e. The fourth-order valence-corrected chi connectivity index (χ4v) is 10.4. The molecule has 2 aliphatic carbocycles. The smallest absolute Gasteiger partial charge is 0.305 e. The Morgan fingerprint density at radius 1 is 1.02 bits per heavy atom. The standard InChI is InChI=1S/C30H29FN2O5S2/c1-13(2)12-38-19-9-4-14(10-20(19)37-3)21-22-17-11-18(25(22)39-27-26(21)40-30(36)32-27)24-23(17)28(34)33(29(24)35)16-7-5-15(31)6-8-16/h4-10,13,17-18,21-25H,11-12H2,1-3H3,(H,32,36). The first kappa shape index (κ1) is 25.8. The normalized spacial score (nSPS) is 30.0. The summed E-state index contributed by atoms with van der Waals surface area (Å²) in [5, 5.41) is 0.943. The molecule has 0 spiro atoms. The number of nitrogens with zero attached hydrogens (tertiary/aromatic N) is 1. The van der Waals surface area contributed by atoms with Crippen LogP contribution in [0.5, 0.6) is 11.5 Å². The summed E-state index contributed by atoms with van der Waals surface area (Å²) >= 11 is 2.88. The summed E-state index contributed by atoms with van der Waals surface area (Å²) in [7, 11) is 1.62. The number of aromatic amines is 1. The Hall–Kier alpha value is -3.11. The van der Waals surface area contributed by atoms with E-state index in [4.69, 9.17) is 9.47 Å². The summed E-state index contributed by atoms with van der Waals surface area (Å²) in [6, 6.07) is 11.5. The quantitative estimate of drug-likeness (QED) is 0.399. The average molecular weight is 581 g/mol. The summed E-state index contributed by atoms with van der Waals surface area (Å²) in [5.41, 5.74) is 1.43. The van der Waals surface area contributed by atoms with Crippen LogP contribution in [0, 0.1) is 41.3 Å².